The fourth-order valence-electron chi connectivity index (χ4n) is 16.5. The van der Waals surface area contributed by atoms with Gasteiger partial charge in [-0.05, 0) is 164 Å². The molecule has 3 atom stereocenters. The number of amides is 4. The number of fused-ring (bicyclic) bond motifs is 4. The van der Waals surface area contributed by atoms with Gasteiger partial charge in [0.2, 0.25) is 29.5 Å². The van der Waals surface area contributed by atoms with Gasteiger partial charge in [-0.15, -0.1) is 5.10 Å². The van der Waals surface area contributed by atoms with Gasteiger partial charge in [0.05, 0.1) is 70.1 Å². The lowest BCUT2D eigenvalue weighted by molar-refractivity contribution is -0.136. The van der Waals surface area contributed by atoms with Crippen LogP contribution in [0.2, 0.25) is 0 Å². The number of H-pyrrole nitrogens is 4. The van der Waals surface area contributed by atoms with Crippen LogP contribution in [0.15, 0.2) is 43.4 Å². The maximum atomic E-state index is 12.8. The molecule has 6 aliphatic heterocycles. The molecule has 8 aromatic rings. The first-order valence-corrected chi connectivity index (χ1v) is 38.4. The van der Waals surface area contributed by atoms with Gasteiger partial charge in [-0.2, -0.15) is 15.3 Å². The third-order valence-electron chi connectivity index (χ3n) is 22.8. The minimum atomic E-state index is -0.810. The molecule has 4 saturated carbocycles. The number of carbonyl (C=O) groups is 4. The van der Waals surface area contributed by atoms with Crippen molar-refractivity contribution in [1.29, 1.82) is 0 Å². The second-order valence-corrected chi connectivity index (χ2v) is 32.0. The van der Waals surface area contributed by atoms with E-state index in [4.69, 9.17) is 16.2 Å². The van der Waals surface area contributed by atoms with Gasteiger partial charge in [-0.1, -0.05) is 0 Å². The lowest BCUT2D eigenvalue weighted by Gasteiger charge is -2.39. The molecule has 10 N–H and O–H groups in total. The zero-order chi connectivity index (χ0) is 72.0. The Bertz CT molecular complexity index is 4350. The molecule has 29 nitrogen and oxygen atoms in total. The van der Waals surface area contributed by atoms with Gasteiger partial charge in [0.25, 0.3) is 0 Å². The molecule has 14 heterocycles. The summed E-state index contributed by atoms with van der Waals surface area (Å²) in [5.41, 5.74) is 24.6. The van der Waals surface area contributed by atoms with Gasteiger partial charge >= 0.3 is 0 Å². The fraction of sp³-hybridized carbons (Fsp3) is 0.627. The molecule has 29 heteroatoms. The quantitative estimate of drug-likeness (QED) is 0.0513. The Labute approximate surface area is 607 Å². The van der Waals surface area contributed by atoms with Crippen molar-refractivity contribution < 1.29 is 23.9 Å². The summed E-state index contributed by atoms with van der Waals surface area (Å²) in [6, 6.07) is 0.609. The van der Waals surface area contributed by atoms with Crippen molar-refractivity contribution in [2.24, 2.45) is 11.5 Å². The average molecular weight is 1420 g/mol. The Morgan fingerprint density at radius 1 is 0.510 bits per heavy atom. The van der Waals surface area contributed by atoms with Crippen LogP contribution < -0.4 is 46.4 Å². The van der Waals surface area contributed by atoms with Crippen molar-refractivity contribution in [3.05, 3.63) is 65.6 Å². The molecule has 6 saturated heterocycles. The highest BCUT2D eigenvalue weighted by molar-refractivity contribution is 5.97. The number of nitrogens with two attached hydrogens (primary N) is 2. The number of pyridine rings is 4. The van der Waals surface area contributed by atoms with Crippen LogP contribution in [-0.2, 0) is 19.2 Å². The van der Waals surface area contributed by atoms with Crippen LogP contribution in [0.1, 0.15) is 177 Å². The third kappa shape index (κ3) is 15.8. The number of aromatic amines is 4. The number of aromatic nitrogens is 12. The van der Waals surface area contributed by atoms with Crippen molar-refractivity contribution in [3.63, 3.8) is 0 Å². The Hall–Kier alpha value is -8.80. The van der Waals surface area contributed by atoms with Gasteiger partial charge in [0, 0.05) is 172 Å². The molecule has 8 aromatic heterocycles. The van der Waals surface area contributed by atoms with E-state index in [0.29, 0.717) is 79.9 Å². The summed E-state index contributed by atoms with van der Waals surface area (Å²) in [4.78, 5) is 85.7. The molecule has 556 valence electrons. The van der Waals surface area contributed by atoms with Crippen LogP contribution in [0.25, 0.3) is 44.1 Å². The first kappa shape index (κ1) is 70.8. The Kier molecular flexibility index (Phi) is 20.4. The number of methoxy groups -OCH3 is 1. The highest BCUT2D eigenvalue weighted by atomic mass is 16.5. The van der Waals surface area contributed by atoms with Crippen molar-refractivity contribution in [2.45, 2.75) is 184 Å². The maximum Gasteiger partial charge on any atom is 0.244 e. The predicted octanol–water partition coefficient (Wildman–Crippen LogP) is 6.48. The normalized spacial score (nSPS) is 21.8. The lowest BCUT2D eigenvalue weighted by Crippen LogP contribution is -2.57. The molecule has 10 aliphatic rings. The second kappa shape index (κ2) is 30.0. The molecule has 18 rings (SSSR count). The van der Waals surface area contributed by atoms with E-state index in [-0.39, 0.29) is 29.3 Å². The predicted molar refractivity (Wildman–Crippen MR) is 402 cm³/mol. The van der Waals surface area contributed by atoms with E-state index in [9.17, 15) is 19.2 Å². The molecular formula is C75H106N24O5. The first-order valence-electron chi connectivity index (χ1n) is 38.4. The van der Waals surface area contributed by atoms with Gasteiger partial charge < -0.3 is 66.0 Å². The number of hydrogen-bond acceptors (Lipinski definition) is 21. The van der Waals surface area contributed by atoms with E-state index in [0.717, 1.165) is 162 Å². The maximum absolute atomic E-state index is 12.8. The van der Waals surface area contributed by atoms with E-state index in [1.54, 1.807) is 21.0 Å². The number of hydrogen-bond donors (Lipinski definition) is 8. The van der Waals surface area contributed by atoms with Gasteiger partial charge in [-0.25, -0.2) is 19.9 Å². The third-order valence-corrected chi connectivity index (χ3v) is 22.8. The largest absolute Gasteiger partial charge is 0.479 e. The highest BCUT2D eigenvalue weighted by Gasteiger charge is 2.39. The summed E-state index contributed by atoms with van der Waals surface area (Å²) in [5, 5.41) is 40.0. The monoisotopic (exact) mass is 1420 g/mol. The molecule has 2 unspecified atom stereocenters. The van der Waals surface area contributed by atoms with Crippen LogP contribution in [0.3, 0.4) is 0 Å². The standard InChI is InChI=1S/C21H30N6O.C20H28N6O2.2C17H24N6O/c1-21(2)6-5-15(24-21)11-18(28)26-7-9-27(10-8-26)19-16(14-3-4-14)12-22-20-17(19)13-23-25-20;1-28-20-17-18(15(13-4-5-13)12-22-19(17)23-24-20)26-9-7-25(8-10-26)16(27)11-14-3-2-6-21-14;1-17(2,18)16(24)23-7-5-22(6-8-23)14-12(11-3-4-11)9-19-15-13(14)10-20-21-15;1-11(18)8-15(24)22-4-6-23(7-5-22)16-13(12-2-3-12)9-19-17-14(16)10-20-21-17/h12-15,24H,3-11H2,1-2H3,(H,22,23,25);12-14,21H,2-11H2,1H3,(H,22,23,24);9-11H,3-8,18H2,1-2H3,(H,19,20,21);9-12H,2-8,18H2,1H3,(H,19,20,21)/t;14-;;/m.0../s1. The molecule has 104 heavy (non-hydrogen) atoms. The lowest BCUT2D eigenvalue weighted by atomic mass is 10.0. The summed E-state index contributed by atoms with van der Waals surface area (Å²) < 4.78 is 5.51. The molecule has 4 amide bonds. The Balaban J connectivity index is 0.000000112. The van der Waals surface area contributed by atoms with Crippen LogP contribution >= 0.6 is 0 Å². The Morgan fingerprint density at radius 2 is 0.894 bits per heavy atom. The van der Waals surface area contributed by atoms with Crippen molar-refractivity contribution in [2.75, 3.05) is 138 Å². The van der Waals surface area contributed by atoms with Crippen molar-refractivity contribution in [3.8, 4) is 5.88 Å². The van der Waals surface area contributed by atoms with Gasteiger partial charge in [-0.3, -0.25) is 39.6 Å². The molecule has 10 fully saturated rings. The minimum Gasteiger partial charge on any atom is -0.479 e. The molecular weight excluding hydrogens is 1320 g/mol. The zero-order valence-electron chi connectivity index (χ0n) is 61.6. The number of carbonyl (C=O) groups excluding carboxylic acids is 4. The van der Waals surface area contributed by atoms with Crippen LogP contribution in [-0.4, -0.2) is 252 Å². The first-order chi connectivity index (χ1) is 50.3. The smallest absolute Gasteiger partial charge is 0.244 e. The second-order valence-electron chi connectivity index (χ2n) is 32.0. The summed E-state index contributed by atoms with van der Waals surface area (Å²) in [5.74, 6) is 3.83. The van der Waals surface area contributed by atoms with Crippen LogP contribution in [0.5, 0.6) is 5.88 Å². The topological polar surface area (TPSA) is 346 Å². The Morgan fingerprint density at radius 3 is 1.26 bits per heavy atom. The SMILES string of the molecule is CC(C)(N)C(=O)N1CCN(c2c(C3CC3)cnc3[nH]ncc23)CC1.CC(N)CC(=O)N1CCN(c2c(C3CC3)cnc3[nH]ncc23)CC1.CC1(C)CCC(CC(=O)N2CCN(c3c(C4CC4)cnc4[nH]ncc34)CC2)N1.COc1n[nH]c2ncc(C3CC3)c(N3CCN(C(=O)C[C@@H]4CCCN4)CC3)c12. The number of anilines is 4. The van der Waals surface area contributed by atoms with Crippen molar-refractivity contribution >= 4 is 90.5 Å². The van der Waals surface area contributed by atoms with E-state index in [1.165, 1.54) is 103 Å². The number of nitrogens with zero attached hydrogens (tertiary/aromatic N) is 16. The summed E-state index contributed by atoms with van der Waals surface area (Å²) in [6.07, 6.45) is 29.7. The fourth-order valence-corrected chi connectivity index (χ4v) is 16.5. The molecule has 0 bridgehead atoms. The van der Waals surface area contributed by atoms with E-state index < -0.39 is 5.54 Å². The molecule has 0 spiro atoms. The molecule has 4 aliphatic carbocycles. The average Bonchev–Trinajstić information content (AvgIpc) is 1.63. The number of piperazine rings is 4. The molecule has 0 radical (unpaired) electrons. The van der Waals surface area contributed by atoms with Gasteiger partial charge in [0.1, 0.15) is 5.39 Å². The summed E-state index contributed by atoms with van der Waals surface area (Å²) in [6.45, 7) is 23.6. The summed E-state index contributed by atoms with van der Waals surface area (Å²) >= 11 is 0. The number of rotatable bonds is 16. The highest BCUT2D eigenvalue weighted by Crippen LogP contribution is 2.50. The zero-order valence-corrected chi connectivity index (χ0v) is 61.6. The number of nitrogens with one attached hydrogen (secondary N) is 6. The minimum absolute atomic E-state index is 0.0211. The van der Waals surface area contributed by atoms with Crippen molar-refractivity contribution in [1.82, 2.24) is 91.0 Å². The van der Waals surface area contributed by atoms with Crippen LogP contribution in [0, 0.1) is 0 Å². The summed E-state index contributed by atoms with van der Waals surface area (Å²) in [7, 11) is 1.65. The number of ether oxygens (including phenoxy) is 1. The van der Waals surface area contributed by atoms with Crippen LogP contribution in [0.4, 0.5) is 22.7 Å². The van der Waals surface area contributed by atoms with E-state index in [2.05, 4.69) is 105 Å². The van der Waals surface area contributed by atoms with Gasteiger partial charge in [0.15, 0.2) is 22.6 Å². The van der Waals surface area contributed by atoms with E-state index >= 15 is 0 Å². The molecule has 0 aromatic carbocycles. The van der Waals surface area contributed by atoms with E-state index in [1.807, 2.05) is 69.9 Å².